The summed E-state index contributed by atoms with van der Waals surface area (Å²) < 4.78 is 11.9. The lowest BCUT2D eigenvalue weighted by Crippen LogP contribution is -2.24. The molecule has 0 spiro atoms. The number of halogens is 1. The van der Waals surface area contributed by atoms with Gasteiger partial charge in [-0.05, 0) is 39.8 Å². The topological polar surface area (TPSA) is 81.3 Å². The van der Waals surface area contributed by atoms with Crippen molar-refractivity contribution in [1.29, 1.82) is 5.26 Å². The van der Waals surface area contributed by atoms with Crippen molar-refractivity contribution in [2.75, 3.05) is 6.61 Å². The van der Waals surface area contributed by atoms with Gasteiger partial charge in [-0.3, -0.25) is 4.79 Å². The largest absolute Gasteiger partial charge is 0.465 e. The van der Waals surface area contributed by atoms with E-state index in [-0.39, 0.29) is 18.7 Å². The molecule has 1 aromatic heterocycles. The first-order valence-corrected chi connectivity index (χ1v) is 8.82. The number of fused-ring (bicyclic) bond motifs is 1. The van der Waals surface area contributed by atoms with Crippen molar-refractivity contribution in [2.24, 2.45) is 0 Å². The summed E-state index contributed by atoms with van der Waals surface area (Å²) in [6.45, 7) is 7.15. The summed E-state index contributed by atoms with van der Waals surface area (Å²) in [5.41, 5.74) is 0.355. The maximum absolute atomic E-state index is 12.2. The maximum atomic E-state index is 12.2. The molecule has 0 saturated heterocycles. The zero-order valence-electron chi connectivity index (χ0n) is 15.7. The van der Waals surface area contributed by atoms with Crippen molar-refractivity contribution < 1.29 is 19.1 Å². The van der Waals surface area contributed by atoms with Gasteiger partial charge in [-0.25, -0.2) is 4.79 Å². The molecule has 6 nitrogen and oxygen atoms in total. The Bertz CT molecular complexity index is 945. The minimum absolute atomic E-state index is 0.0315. The summed E-state index contributed by atoms with van der Waals surface area (Å²) in [5, 5.41) is 10.5. The van der Waals surface area contributed by atoms with Crippen LogP contribution in [0.2, 0.25) is 5.02 Å². The zero-order valence-corrected chi connectivity index (χ0v) is 16.5. The molecule has 142 valence electrons. The Hall–Kier alpha value is -2.78. The van der Waals surface area contributed by atoms with E-state index in [1.165, 1.54) is 6.08 Å². The van der Waals surface area contributed by atoms with Gasteiger partial charge in [0.1, 0.15) is 23.8 Å². The number of aromatic nitrogens is 1. The van der Waals surface area contributed by atoms with Gasteiger partial charge in [-0.2, -0.15) is 5.26 Å². The van der Waals surface area contributed by atoms with E-state index >= 15 is 0 Å². The fraction of sp³-hybridized carbons (Fsp3) is 0.350. The van der Waals surface area contributed by atoms with E-state index in [1.54, 1.807) is 56.7 Å². The lowest BCUT2D eigenvalue weighted by atomic mass is 10.1. The van der Waals surface area contributed by atoms with Gasteiger partial charge in [0.05, 0.1) is 17.1 Å². The fourth-order valence-corrected chi connectivity index (χ4v) is 2.84. The Labute approximate surface area is 162 Å². The second-order valence-corrected chi connectivity index (χ2v) is 7.23. The highest BCUT2D eigenvalue weighted by Gasteiger charge is 2.21. The molecular weight excluding hydrogens is 368 g/mol. The lowest BCUT2D eigenvalue weighted by Gasteiger charge is -2.18. The summed E-state index contributed by atoms with van der Waals surface area (Å²) >= 11 is 6.31. The first-order chi connectivity index (χ1) is 12.7. The van der Waals surface area contributed by atoms with Crippen molar-refractivity contribution >= 4 is 40.5 Å². The standard InChI is InChI=1S/C20H21ClN2O4/c1-5-26-17(24)12-23-11-14(15-7-6-8-16(21)18(15)23)9-13(10-22)19(25)27-20(2,3)4/h6-9,11H,5,12H2,1-4H3/b13-9+. The molecule has 0 aliphatic carbocycles. The Morgan fingerprint density at radius 2 is 2.04 bits per heavy atom. The van der Waals surface area contributed by atoms with Crippen molar-refractivity contribution in [3.05, 3.63) is 40.6 Å². The van der Waals surface area contributed by atoms with Crippen LogP contribution in [-0.2, 0) is 25.6 Å². The van der Waals surface area contributed by atoms with Gasteiger partial charge >= 0.3 is 11.9 Å². The van der Waals surface area contributed by atoms with Crippen LogP contribution in [0.5, 0.6) is 0 Å². The quantitative estimate of drug-likeness (QED) is 0.437. The van der Waals surface area contributed by atoms with Gasteiger partial charge in [-0.15, -0.1) is 0 Å². The van der Waals surface area contributed by atoms with Crippen LogP contribution in [0.4, 0.5) is 0 Å². The molecule has 0 amide bonds. The van der Waals surface area contributed by atoms with E-state index in [0.29, 0.717) is 21.5 Å². The summed E-state index contributed by atoms with van der Waals surface area (Å²) in [6.07, 6.45) is 3.10. The summed E-state index contributed by atoms with van der Waals surface area (Å²) in [4.78, 5) is 24.1. The van der Waals surface area contributed by atoms with Crippen LogP contribution < -0.4 is 0 Å². The van der Waals surface area contributed by atoms with E-state index in [9.17, 15) is 14.9 Å². The average Bonchev–Trinajstić information content (AvgIpc) is 2.89. The summed E-state index contributed by atoms with van der Waals surface area (Å²) in [5.74, 6) is -1.11. The van der Waals surface area contributed by atoms with Gasteiger partial charge in [-0.1, -0.05) is 23.7 Å². The number of carbonyl (C=O) groups excluding carboxylic acids is 2. The van der Waals surface area contributed by atoms with Crippen LogP contribution in [0.25, 0.3) is 17.0 Å². The van der Waals surface area contributed by atoms with Gasteiger partial charge in [0.25, 0.3) is 0 Å². The Balaban J connectivity index is 2.52. The highest BCUT2D eigenvalue weighted by atomic mass is 35.5. The molecule has 0 radical (unpaired) electrons. The van der Waals surface area contributed by atoms with Crippen LogP contribution >= 0.6 is 11.6 Å². The van der Waals surface area contributed by atoms with E-state index < -0.39 is 17.5 Å². The number of nitriles is 1. The van der Waals surface area contributed by atoms with Gasteiger partial charge in [0, 0.05) is 17.1 Å². The van der Waals surface area contributed by atoms with Crippen molar-refractivity contribution in [3.63, 3.8) is 0 Å². The molecule has 1 heterocycles. The first-order valence-electron chi connectivity index (χ1n) is 8.44. The van der Waals surface area contributed by atoms with Crippen molar-refractivity contribution in [2.45, 2.75) is 39.8 Å². The summed E-state index contributed by atoms with van der Waals surface area (Å²) in [6, 6.07) is 7.15. The molecule has 2 rings (SSSR count). The molecule has 7 heteroatoms. The Morgan fingerprint density at radius 3 is 2.63 bits per heavy atom. The van der Waals surface area contributed by atoms with Crippen LogP contribution in [0.3, 0.4) is 0 Å². The number of esters is 2. The van der Waals surface area contributed by atoms with E-state index in [4.69, 9.17) is 21.1 Å². The summed E-state index contributed by atoms with van der Waals surface area (Å²) in [7, 11) is 0. The van der Waals surface area contributed by atoms with E-state index in [1.807, 2.05) is 6.07 Å². The minimum Gasteiger partial charge on any atom is -0.465 e. The smallest absolute Gasteiger partial charge is 0.349 e. The Kier molecular flexibility index (Phi) is 6.29. The van der Waals surface area contributed by atoms with E-state index in [0.717, 1.165) is 0 Å². The van der Waals surface area contributed by atoms with Gasteiger partial charge in [0.2, 0.25) is 0 Å². The third-order valence-corrected chi connectivity index (χ3v) is 3.83. The van der Waals surface area contributed by atoms with Crippen molar-refractivity contribution in [1.82, 2.24) is 4.57 Å². The van der Waals surface area contributed by atoms with Crippen LogP contribution in [0.1, 0.15) is 33.3 Å². The molecular formula is C20H21ClN2O4. The first kappa shape index (κ1) is 20.5. The molecule has 0 unspecified atom stereocenters. The molecule has 0 fully saturated rings. The maximum Gasteiger partial charge on any atom is 0.349 e. The second kappa shape index (κ2) is 8.28. The van der Waals surface area contributed by atoms with Crippen LogP contribution in [-0.4, -0.2) is 28.7 Å². The van der Waals surface area contributed by atoms with Crippen LogP contribution in [0.15, 0.2) is 30.0 Å². The minimum atomic E-state index is -0.714. The van der Waals surface area contributed by atoms with Gasteiger partial charge < -0.3 is 14.0 Å². The molecule has 1 aromatic carbocycles. The van der Waals surface area contributed by atoms with E-state index in [2.05, 4.69) is 0 Å². The average molecular weight is 389 g/mol. The number of hydrogen-bond acceptors (Lipinski definition) is 5. The number of nitrogens with zero attached hydrogens (tertiary/aromatic N) is 2. The normalized spacial score (nSPS) is 11.9. The highest BCUT2D eigenvalue weighted by Crippen LogP contribution is 2.30. The predicted octanol–water partition coefficient (Wildman–Crippen LogP) is 4.11. The molecule has 0 saturated carbocycles. The SMILES string of the molecule is CCOC(=O)Cn1cc(/C=C(\C#N)C(=O)OC(C)(C)C)c2cccc(Cl)c21. The molecule has 27 heavy (non-hydrogen) atoms. The molecule has 0 atom stereocenters. The zero-order chi connectivity index (χ0) is 20.2. The number of carbonyl (C=O) groups is 2. The molecule has 0 aliphatic heterocycles. The lowest BCUT2D eigenvalue weighted by molar-refractivity contribution is -0.149. The number of rotatable bonds is 5. The molecule has 0 bridgehead atoms. The fourth-order valence-electron chi connectivity index (χ4n) is 2.55. The third kappa shape index (κ3) is 5.11. The monoisotopic (exact) mass is 388 g/mol. The number of benzene rings is 1. The van der Waals surface area contributed by atoms with Gasteiger partial charge in [0.15, 0.2) is 0 Å². The second-order valence-electron chi connectivity index (χ2n) is 6.83. The van der Waals surface area contributed by atoms with Crippen LogP contribution in [0, 0.1) is 11.3 Å². The number of hydrogen-bond donors (Lipinski definition) is 0. The number of para-hydroxylation sites is 1. The molecule has 0 aliphatic rings. The van der Waals surface area contributed by atoms with Crippen molar-refractivity contribution in [3.8, 4) is 6.07 Å². The Morgan fingerprint density at radius 1 is 1.33 bits per heavy atom. The highest BCUT2D eigenvalue weighted by molar-refractivity contribution is 6.35. The number of ether oxygens (including phenoxy) is 2. The molecule has 2 aromatic rings. The third-order valence-electron chi connectivity index (χ3n) is 3.52. The molecule has 0 N–H and O–H groups in total. The predicted molar refractivity (Wildman–Crippen MR) is 103 cm³/mol.